The number of carboxylic acids is 1. The molecule has 21 heavy (non-hydrogen) atoms. The number of carbonyl (C=O) groups excluding carboxylic acids is 1. The molecule has 0 aromatic carbocycles. The van der Waals surface area contributed by atoms with Crippen LogP contribution in [0.25, 0.3) is 0 Å². The summed E-state index contributed by atoms with van der Waals surface area (Å²) in [6, 6.07) is 3.04. The third-order valence-electron chi connectivity index (χ3n) is 3.35. The van der Waals surface area contributed by atoms with Crippen LogP contribution in [0.1, 0.15) is 16.8 Å². The summed E-state index contributed by atoms with van der Waals surface area (Å²) in [4.78, 5) is 31.0. The van der Waals surface area contributed by atoms with Crippen molar-refractivity contribution in [1.82, 2.24) is 9.88 Å². The molecule has 1 aliphatic heterocycles. The molecular weight excluding hydrogens is 274 g/mol. The molecule has 0 aliphatic carbocycles. The van der Waals surface area contributed by atoms with Crippen LogP contribution in [0.3, 0.4) is 0 Å². The number of amides is 1. The van der Waals surface area contributed by atoms with Crippen molar-refractivity contribution in [2.45, 2.75) is 12.5 Å². The maximum atomic E-state index is 12.5. The van der Waals surface area contributed by atoms with Crippen LogP contribution in [0.4, 0.5) is 5.82 Å². The fourth-order valence-electron chi connectivity index (χ4n) is 2.24. The molecule has 1 fully saturated rings. The number of ether oxygens (including phenoxy) is 1. The number of aliphatic carboxylic acids is 1. The third-order valence-corrected chi connectivity index (χ3v) is 3.35. The van der Waals surface area contributed by atoms with E-state index >= 15 is 0 Å². The largest absolute Gasteiger partial charge is 0.481 e. The molecule has 1 aromatic heterocycles. The summed E-state index contributed by atoms with van der Waals surface area (Å²) in [5, 5.41) is 8.92. The molecule has 1 aromatic rings. The second-order valence-electron chi connectivity index (χ2n) is 5.12. The first-order valence-corrected chi connectivity index (χ1v) is 6.73. The van der Waals surface area contributed by atoms with Crippen LogP contribution in [-0.2, 0) is 9.53 Å². The lowest BCUT2D eigenvalue weighted by molar-refractivity contribution is -0.139. The summed E-state index contributed by atoms with van der Waals surface area (Å²) in [6.45, 7) is 1.07. The molecular formula is C14H19N3O4. The van der Waals surface area contributed by atoms with Crippen molar-refractivity contribution in [1.29, 1.82) is 0 Å². The number of hydrogen-bond donors (Lipinski definition) is 1. The monoisotopic (exact) mass is 293 g/mol. The van der Waals surface area contributed by atoms with Gasteiger partial charge >= 0.3 is 5.97 Å². The van der Waals surface area contributed by atoms with Crippen LogP contribution in [-0.4, -0.2) is 66.8 Å². The average Bonchev–Trinajstić information content (AvgIpc) is 2.46. The molecule has 1 saturated heterocycles. The van der Waals surface area contributed by atoms with E-state index in [0.717, 1.165) is 5.82 Å². The predicted octanol–water partition coefficient (Wildman–Crippen LogP) is 0.463. The highest BCUT2D eigenvalue weighted by molar-refractivity contribution is 5.94. The Morgan fingerprint density at radius 1 is 1.48 bits per heavy atom. The Balaban J connectivity index is 2.14. The number of carbonyl (C=O) groups is 2. The van der Waals surface area contributed by atoms with Crippen molar-refractivity contribution in [2.75, 3.05) is 38.8 Å². The number of carboxylic acid groups (broad SMARTS) is 1. The van der Waals surface area contributed by atoms with Crippen molar-refractivity contribution >= 4 is 17.7 Å². The molecule has 1 aliphatic rings. The Morgan fingerprint density at radius 2 is 2.24 bits per heavy atom. The number of rotatable bonds is 4. The molecule has 0 bridgehead atoms. The quantitative estimate of drug-likeness (QED) is 0.868. The second-order valence-corrected chi connectivity index (χ2v) is 5.12. The van der Waals surface area contributed by atoms with E-state index in [9.17, 15) is 9.59 Å². The van der Waals surface area contributed by atoms with Crippen LogP contribution < -0.4 is 4.90 Å². The van der Waals surface area contributed by atoms with Crippen LogP contribution in [0, 0.1) is 0 Å². The molecule has 0 radical (unpaired) electrons. The fourth-order valence-corrected chi connectivity index (χ4v) is 2.24. The Bertz CT molecular complexity index is 515. The van der Waals surface area contributed by atoms with Gasteiger partial charge in [-0.15, -0.1) is 0 Å². The number of anilines is 1. The van der Waals surface area contributed by atoms with Gasteiger partial charge in [-0.05, 0) is 12.1 Å². The van der Waals surface area contributed by atoms with Gasteiger partial charge in [-0.3, -0.25) is 9.59 Å². The van der Waals surface area contributed by atoms with Crippen LogP contribution in [0.2, 0.25) is 0 Å². The zero-order chi connectivity index (χ0) is 15.4. The zero-order valence-corrected chi connectivity index (χ0v) is 12.2. The molecule has 1 atom stereocenters. The van der Waals surface area contributed by atoms with Crippen molar-refractivity contribution in [3.63, 3.8) is 0 Å². The Hall–Kier alpha value is -2.15. The van der Waals surface area contributed by atoms with Gasteiger partial charge in [0.15, 0.2) is 0 Å². The van der Waals surface area contributed by atoms with E-state index < -0.39 is 12.0 Å². The van der Waals surface area contributed by atoms with E-state index in [-0.39, 0.29) is 18.9 Å². The standard InChI is InChI=1S/C14H19N3O4/c1-16(2)12-4-3-10(8-15-12)14(20)17-5-6-21-9-11(17)7-13(18)19/h3-4,8,11H,5-7,9H2,1-2H3,(H,18,19). The van der Waals surface area contributed by atoms with Crippen molar-refractivity contribution < 1.29 is 19.4 Å². The van der Waals surface area contributed by atoms with Gasteiger partial charge in [0.05, 0.1) is 31.2 Å². The minimum absolute atomic E-state index is 0.116. The molecule has 2 rings (SSSR count). The van der Waals surface area contributed by atoms with Gasteiger partial charge in [0.1, 0.15) is 5.82 Å². The maximum absolute atomic E-state index is 12.5. The third kappa shape index (κ3) is 3.69. The number of hydrogen-bond acceptors (Lipinski definition) is 5. The predicted molar refractivity (Wildman–Crippen MR) is 76.5 cm³/mol. The topological polar surface area (TPSA) is 83.0 Å². The molecule has 7 nitrogen and oxygen atoms in total. The van der Waals surface area contributed by atoms with Gasteiger partial charge in [0, 0.05) is 26.8 Å². The molecule has 114 valence electrons. The fraction of sp³-hybridized carbons (Fsp3) is 0.500. The lowest BCUT2D eigenvalue weighted by atomic mass is 10.1. The normalized spacial score (nSPS) is 18.4. The molecule has 1 N–H and O–H groups in total. The van der Waals surface area contributed by atoms with Crippen molar-refractivity contribution in [2.24, 2.45) is 0 Å². The molecule has 0 spiro atoms. The Morgan fingerprint density at radius 3 is 2.81 bits per heavy atom. The highest BCUT2D eigenvalue weighted by Crippen LogP contribution is 2.16. The molecule has 2 heterocycles. The van der Waals surface area contributed by atoms with Crippen LogP contribution >= 0.6 is 0 Å². The highest BCUT2D eigenvalue weighted by atomic mass is 16.5. The summed E-state index contributed by atoms with van der Waals surface area (Å²) in [7, 11) is 3.74. The summed E-state index contributed by atoms with van der Waals surface area (Å²) < 4.78 is 5.27. The van der Waals surface area contributed by atoms with Crippen molar-refractivity contribution in [3.8, 4) is 0 Å². The van der Waals surface area contributed by atoms with Gasteiger partial charge < -0.3 is 19.6 Å². The van der Waals surface area contributed by atoms with Gasteiger partial charge in [0.25, 0.3) is 5.91 Å². The first-order valence-electron chi connectivity index (χ1n) is 6.73. The first-order chi connectivity index (χ1) is 9.99. The number of pyridine rings is 1. The van der Waals surface area contributed by atoms with Gasteiger partial charge in [-0.2, -0.15) is 0 Å². The summed E-state index contributed by atoms with van der Waals surface area (Å²) >= 11 is 0. The van der Waals surface area contributed by atoms with E-state index in [1.807, 2.05) is 19.0 Å². The molecule has 7 heteroatoms. The summed E-state index contributed by atoms with van der Waals surface area (Å²) in [5.74, 6) is -0.387. The maximum Gasteiger partial charge on any atom is 0.305 e. The summed E-state index contributed by atoms with van der Waals surface area (Å²) in [5.41, 5.74) is 0.456. The van der Waals surface area contributed by atoms with Gasteiger partial charge in [0.2, 0.25) is 0 Å². The molecule has 1 unspecified atom stereocenters. The SMILES string of the molecule is CN(C)c1ccc(C(=O)N2CCOCC2CC(=O)O)cn1. The molecule has 1 amide bonds. The van der Waals surface area contributed by atoms with Gasteiger partial charge in [-0.25, -0.2) is 4.98 Å². The Kier molecular flexibility index (Phi) is 4.74. The highest BCUT2D eigenvalue weighted by Gasteiger charge is 2.29. The number of nitrogens with zero attached hydrogens (tertiary/aromatic N) is 3. The van der Waals surface area contributed by atoms with Crippen molar-refractivity contribution in [3.05, 3.63) is 23.9 Å². The zero-order valence-electron chi connectivity index (χ0n) is 12.2. The van der Waals surface area contributed by atoms with E-state index in [2.05, 4.69) is 4.98 Å². The Labute approximate surface area is 123 Å². The van der Waals surface area contributed by atoms with E-state index in [0.29, 0.717) is 18.7 Å². The van der Waals surface area contributed by atoms with Crippen LogP contribution in [0.5, 0.6) is 0 Å². The first kappa shape index (κ1) is 15.2. The van der Waals surface area contributed by atoms with Gasteiger partial charge in [-0.1, -0.05) is 0 Å². The smallest absolute Gasteiger partial charge is 0.305 e. The lowest BCUT2D eigenvalue weighted by Crippen LogP contribution is -2.49. The van der Waals surface area contributed by atoms with E-state index in [1.165, 1.54) is 6.20 Å². The minimum atomic E-state index is -0.940. The second kappa shape index (κ2) is 6.53. The number of aromatic nitrogens is 1. The summed E-state index contributed by atoms with van der Waals surface area (Å²) in [6.07, 6.45) is 1.40. The van der Waals surface area contributed by atoms with Crippen LogP contribution in [0.15, 0.2) is 18.3 Å². The average molecular weight is 293 g/mol. The number of morpholine rings is 1. The molecule has 0 saturated carbocycles. The minimum Gasteiger partial charge on any atom is -0.481 e. The van der Waals surface area contributed by atoms with E-state index in [4.69, 9.17) is 9.84 Å². The van der Waals surface area contributed by atoms with E-state index in [1.54, 1.807) is 17.0 Å². The lowest BCUT2D eigenvalue weighted by Gasteiger charge is -2.34.